The summed E-state index contributed by atoms with van der Waals surface area (Å²) in [6.07, 6.45) is 3.53. The second kappa shape index (κ2) is 5.67. The second-order valence-corrected chi connectivity index (χ2v) is 5.30. The predicted molar refractivity (Wildman–Crippen MR) is 76.9 cm³/mol. The van der Waals surface area contributed by atoms with E-state index in [0.717, 1.165) is 31.7 Å². The molecule has 1 aliphatic carbocycles. The van der Waals surface area contributed by atoms with E-state index in [1.807, 2.05) is 6.92 Å². The van der Waals surface area contributed by atoms with Gasteiger partial charge in [0.05, 0.1) is 16.7 Å². The minimum atomic E-state index is -0.755. The lowest BCUT2D eigenvalue weighted by Crippen LogP contribution is -2.53. The Hall–Kier alpha value is -2.18. The van der Waals surface area contributed by atoms with Crippen molar-refractivity contribution >= 4 is 17.3 Å². The highest BCUT2D eigenvalue weighted by atomic mass is 19.1. The van der Waals surface area contributed by atoms with Crippen molar-refractivity contribution in [1.29, 1.82) is 0 Å². The molecule has 2 N–H and O–H groups in total. The van der Waals surface area contributed by atoms with Crippen LogP contribution in [-0.4, -0.2) is 23.4 Å². The molecular weight excluding hydrogens is 277 g/mol. The number of carbonyl (C=O) groups is 1. The molecule has 1 saturated carbocycles. The number of carbonyl (C=O) groups excluding carboxylic acids is 1. The summed E-state index contributed by atoms with van der Waals surface area (Å²) in [7, 11) is 1.49. The number of rotatable bonds is 5. The van der Waals surface area contributed by atoms with Crippen molar-refractivity contribution in [2.75, 3.05) is 12.4 Å². The Labute approximate surface area is 121 Å². The van der Waals surface area contributed by atoms with Gasteiger partial charge in [-0.05, 0) is 31.7 Å². The van der Waals surface area contributed by atoms with Crippen molar-refractivity contribution in [2.45, 2.75) is 38.1 Å². The number of nitro benzene ring substituents is 1. The largest absolute Gasteiger partial charge is 0.386 e. The first-order valence-electron chi connectivity index (χ1n) is 6.90. The third-order valence-electron chi connectivity index (χ3n) is 4.16. The minimum Gasteiger partial charge on any atom is -0.386 e. The molecule has 1 aliphatic rings. The highest BCUT2D eigenvalue weighted by Crippen LogP contribution is 2.35. The van der Waals surface area contributed by atoms with Crippen LogP contribution in [0.15, 0.2) is 12.1 Å². The molecule has 0 atom stereocenters. The molecule has 0 spiro atoms. The molecule has 0 aromatic heterocycles. The highest BCUT2D eigenvalue weighted by Gasteiger charge is 2.38. The summed E-state index contributed by atoms with van der Waals surface area (Å²) < 4.78 is 13.6. The molecule has 1 aromatic carbocycles. The van der Waals surface area contributed by atoms with Crippen LogP contribution in [-0.2, 0) is 0 Å². The number of nitrogens with one attached hydrogen (secondary N) is 2. The van der Waals surface area contributed by atoms with Crippen molar-refractivity contribution in [2.24, 2.45) is 0 Å². The molecule has 0 saturated heterocycles. The van der Waals surface area contributed by atoms with Gasteiger partial charge in [0.2, 0.25) is 0 Å². The first-order chi connectivity index (χ1) is 9.92. The Morgan fingerprint density at radius 2 is 2.14 bits per heavy atom. The fourth-order valence-corrected chi connectivity index (χ4v) is 2.57. The lowest BCUT2D eigenvalue weighted by atomic mass is 9.74. The van der Waals surface area contributed by atoms with Gasteiger partial charge in [-0.15, -0.1) is 0 Å². The number of nitro groups is 1. The van der Waals surface area contributed by atoms with Gasteiger partial charge in [0.15, 0.2) is 5.82 Å². The maximum Gasteiger partial charge on any atom is 0.285 e. The van der Waals surface area contributed by atoms with E-state index < -0.39 is 22.3 Å². The number of halogens is 1. The van der Waals surface area contributed by atoms with Crippen molar-refractivity contribution in [3.05, 3.63) is 33.6 Å². The van der Waals surface area contributed by atoms with Crippen LogP contribution in [0, 0.1) is 15.9 Å². The highest BCUT2D eigenvalue weighted by molar-refractivity contribution is 5.99. The molecule has 2 rings (SSSR count). The Kier molecular flexibility index (Phi) is 4.11. The molecule has 1 amide bonds. The predicted octanol–water partition coefficient (Wildman–Crippen LogP) is 2.84. The third-order valence-corrected chi connectivity index (χ3v) is 4.16. The summed E-state index contributed by atoms with van der Waals surface area (Å²) >= 11 is 0. The zero-order valence-electron chi connectivity index (χ0n) is 12.0. The zero-order chi connectivity index (χ0) is 15.6. The average Bonchev–Trinajstić information content (AvgIpc) is 2.42. The van der Waals surface area contributed by atoms with Crippen LogP contribution < -0.4 is 10.6 Å². The summed E-state index contributed by atoms with van der Waals surface area (Å²) in [6.45, 7) is 1.97. The molecule has 0 heterocycles. The van der Waals surface area contributed by atoms with E-state index in [2.05, 4.69) is 10.6 Å². The first-order valence-corrected chi connectivity index (χ1v) is 6.90. The molecule has 1 aromatic rings. The molecule has 0 aliphatic heterocycles. The van der Waals surface area contributed by atoms with E-state index in [0.29, 0.717) is 0 Å². The molecule has 6 nitrogen and oxygen atoms in total. The topological polar surface area (TPSA) is 84.3 Å². The van der Waals surface area contributed by atoms with E-state index in [4.69, 9.17) is 0 Å². The number of nitrogens with zero attached hydrogens (tertiary/aromatic N) is 1. The van der Waals surface area contributed by atoms with Gasteiger partial charge in [-0.3, -0.25) is 14.9 Å². The Morgan fingerprint density at radius 1 is 1.48 bits per heavy atom. The van der Waals surface area contributed by atoms with Gasteiger partial charge in [0.25, 0.3) is 11.6 Å². The SMILES string of the molecule is CCC1(NC(=O)c2cc(NC)c(F)cc2[N+](=O)[O-])CCC1. The number of hydrogen-bond acceptors (Lipinski definition) is 4. The van der Waals surface area contributed by atoms with Crippen LogP contribution in [0.5, 0.6) is 0 Å². The lowest BCUT2D eigenvalue weighted by molar-refractivity contribution is -0.385. The second-order valence-electron chi connectivity index (χ2n) is 5.30. The van der Waals surface area contributed by atoms with Gasteiger partial charge in [-0.25, -0.2) is 4.39 Å². The van der Waals surface area contributed by atoms with Gasteiger partial charge in [-0.2, -0.15) is 0 Å². The minimum absolute atomic E-state index is 0.0601. The van der Waals surface area contributed by atoms with Crippen LogP contribution in [0.3, 0.4) is 0 Å². The Balaban J connectivity index is 2.36. The van der Waals surface area contributed by atoms with E-state index in [9.17, 15) is 19.3 Å². The number of hydrogen-bond donors (Lipinski definition) is 2. The van der Waals surface area contributed by atoms with E-state index in [1.165, 1.54) is 13.1 Å². The van der Waals surface area contributed by atoms with Crippen LogP contribution in [0.4, 0.5) is 15.8 Å². The van der Waals surface area contributed by atoms with Gasteiger partial charge in [-0.1, -0.05) is 6.92 Å². The third kappa shape index (κ3) is 2.81. The fraction of sp³-hybridized carbons (Fsp3) is 0.500. The summed E-state index contributed by atoms with van der Waals surface area (Å²) in [6, 6.07) is 1.96. The van der Waals surface area contributed by atoms with Gasteiger partial charge < -0.3 is 10.6 Å². The van der Waals surface area contributed by atoms with Crippen LogP contribution in [0.25, 0.3) is 0 Å². The molecule has 0 radical (unpaired) electrons. The van der Waals surface area contributed by atoms with Crippen molar-refractivity contribution in [3.8, 4) is 0 Å². The van der Waals surface area contributed by atoms with Gasteiger partial charge in [0, 0.05) is 12.6 Å². The van der Waals surface area contributed by atoms with Gasteiger partial charge >= 0.3 is 0 Å². The van der Waals surface area contributed by atoms with Crippen LogP contribution in [0.2, 0.25) is 0 Å². The number of benzene rings is 1. The molecule has 114 valence electrons. The van der Waals surface area contributed by atoms with E-state index in [1.54, 1.807) is 0 Å². The number of anilines is 1. The summed E-state index contributed by atoms with van der Waals surface area (Å²) in [5, 5.41) is 16.5. The quantitative estimate of drug-likeness (QED) is 0.646. The molecule has 21 heavy (non-hydrogen) atoms. The molecule has 0 unspecified atom stereocenters. The molecule has 0 bridgehead atoms. The van der Waals surface area contributed by atoms with Crippen molar-refractivity contribution < 1.29 is 14.1 Å². The Bertz CT molecular complexity index is 580. The Morgan fingerprint density at radius 3 is 2.57 bits per heavy atom. The summed E-state index contributed by atoms with van der Waals surface area (Å²) in [5.41, 5.74) is -0.857. The monoisotopic (exact) mass is 295 g/mol. The van der Waals surface area contributed by atoms with E-state index >= 15 is 0 Å². The van der Waals surface area contributed by atoms with Crippen molar-refractivity contribution in [3.63, 3.8) is 0 Å². The first kappa shape index (κ1) is 15.2. The van der Waals surface area contributed by atoms with Crippen LogP contribution in [0.1, 0.15) is 43.0 Å². The molecule has 7 heteroatoms. The normalized spacial score (nSPS) is 16.0. The molecule has 1 fully saturated rings. The van der Waals surface area contributed by atoms with Crippen LogP contribution >= 0.6 is 0 Å². The average molecular weight is 295 g/mol. The van der Waals surface area contributed by atoms with Crippen molar-refractivity contribution in [1.82, 2.24) is 5.32 Å². The molecular formula is C14H18FN3O3. The smallest absolute Gasteiger partial charge is 0.285 e. The number of amides is 1. The maximum absolute atomic E-state index is 13.6. The maximum atomic E-state index is 13.6. The summed E-state index contributed by atoms with van der Waals surface area (Å²) in [4.78, 5) is 22.6. The van der Waals surface area contributed by atoms with Gasteiger partial charge in [0.1, 0.15) is 5.56 Å². The van der Waals surface area contributed by atoms with E-state index in [-0.39, 0.29) is 16.8 Å². The standard InChI is InChI=1S/C14H18FN3O3/c1-3-14(5-4-6-14)17-13(19)9-7-11(16-2)10(15)8-12(9)18(20)21/h7-8,16H,3-6H2,1-2H3,(H,17,19). The zero-order valence-corrected chi connectivity index (χ0v) is 12.0. The fourth-order valence-electron chi connectivity index (χ4n) is 2.57. The summed E-state index contributed by atoms with van der Waals surface area (Å²) in [5.74, 6) is -1.28. The lowest BCUT2D eigenvalue weighted by Gasteiger charge is -2.42.